The second-order valence-electron chi connectivity index (χ2n) is 16.0. The van der Waals surface area contributed by atoms with Crippen LogP contribution < -0.4 is 0 Å². The van der Waals surface area contributed by atoms with Crippen LogP contribution in [0.3, 0.4) is 0 Å². The predicted molar refractivity (Wildman–Crippen MR) is 238 cm³/mol. The summed E-state index contributed by atoms with van der Waals surface area (Å²) in [6.07, 6.45) is 0. The lowest BCUT2D eigenvalue weighted by molar-refractivity contribution is 0.658. The average molecular weight is 713 g/mol. The summed E-state index contributed by atoms with van der Waals surface area (Å²) < 4.78 is 6.82. The predicted octanol–water partition coefficient (Wildman–Crippen LogP) is 15.5. The molecule has 1 nitrogen and oxygen atoms in total. The van der Waals surface area contributed by atoms with Crippen LogP contribution in [0.25, 0.3) is 110 Å². The van der Waals surface area contributed by atoms with Crippen molar-refractivity contribution in [3.05, 3.63) is 193 Å². The van der Waals surface area contributed by atoms with Crippen molar-refractivity contribution in [3.8, 4) is 44.5 Å². The third-order valence-corrected chi connectivity index (χ3v) is 12.6. The Hall–Kier alpha value is -6.96. The molecule has 0 saturated carbocycles. The lowest BCUT2D eigenvalue weighted by atomic mass is 9.79. The van der Waals surface area contributed by atoms with Crippen molar-refractivity contribution in [1.29, 1.82) is 0 Å². The highest BCUT2D eigenvalue weighted by molar-refractivity contribution is 6.25. The Morgan fingerprint density at radius 2 is 0.911 bits per heavy atom. The van der Waals surface area contributed by atoms with E-state index in [1.54, 1.807) is 0 Å². The zero-order valence-corrected chi connectivity index (χ0v) is 31.2. The fourth-order valence-corrected chi connectivity index (χ4v) is 10.1. The van der Waals surface area contributed by atoms with Gasteiger partial charge in [0.25, 0.3) is 0 Å². The first-order valence-electron chi connectivity index (χ1n) is 19.6. The summed E-state index contributed by atoms with van der Waals surface area (Å²) >= 11 is 0. The topological polar surface area (TPSA) is 13.1 Å². The Balaban J connectivity index is 1.07. The van der Waals surface area contributed by atoms with E-state index in [0.717, 1.165) is 11.2 Å². The second-order valence-corrected chi connectivity index (χ2v) is 16.0. The van der Waals surface area contributed by atoms with Crippen molar-refractivity contribution >= 4 is 65.0 Å². The molecule has 1 aliphatic carbocycles. The van der Waals surface area contributed by atoms with Crippen LogP contribution >= 0.6 is 0 Å². The summed E-state index contributed by atoms with van der Waals surface area (Å²) in [6.45, 7) is 4.74. The van der Waals surface area contributed by atoms with E-state index in [9.17, 15) is 0 Å². The van der Waals surface area contributed by atoms with E-state index < -0.39 is 0 Å². The van der Waals surface area contributed by atoms with E-state index in [1.165, 1.54) is 109 Å². The van der Waals surface area contributed by atoms with Gasteiger partial charge in [0.05, 0.1) is 0 Å². The first-order chi connectivity index (χ1) is 27.5. The Morgan fingerprint density at radius 1 is 0.375 bits per heavy atom. The summed E-state index contributed by atoms with van der Waals surface area (Å²) in [5.74, 6) is 0. The van der Waals surface area contributed by atoms with E-state index >= 15 is 0 Å². The van der Waals surface area contributed by atoms with Gasteiger partial charge < -0.3 is 4.42 Å². The zero-order valence-electron chi connectivity index (χ0n) is 31.2. The molecule has 0 amide bonds. The molecule has 0 N–H and O–H groups in total. The summed E-state index contributed by atoms with van der Waals surface area (Å²) in [5.41, 5.74) is 14.3. The SMILES string of the molecule is CC1(C)c2ccc(-c3cccc(-c4c5ccccc5c(-c5ccc6ccccc6c5)c5ccccc45)c3)cc2-c2c1c1ccccc1c1c2oc2ccccc21. The largest absolute Gasteiger partial charge is 0.455 e. The van der Waals surface area contributed by atoms with Gasteiger partial charge in [0, 0.05) is 21.8 Å². The molecule has 0 bridgehead atoms. The molecule has 0 saturated heterocycles. The molecule has 56 heavy (non-hydrogen) atoms. The molecule has 0 unspecified atom stereocenters. The highest BCUT2D eigenvalue weighted by Gasteiger charge is 2.40. The number of hydrogen-bond acceptors (Lipinski definition) is 1. The van der Waals surface area contributed by atoms with E-state index in [0.29, 0.717) is 0 Å². The van der Waals surface area contributed by atoms with Crippen molar-refractivity contribution < 1.29 is 4.42 Å². The fraction of sp³-hybridized carbons (Fsp3) is 0.0545. The molecule has 0 aliphatic heterocycles. The van der Waals surface area contributed by atoms with Crippen LogP contribution in [0.5, 0.6) is 0 Å². The van der Waals surface area contributed by atoms with E-state index in [2.05, 4.69) is 196 Å². The maximum absolute atomic E-state index is 6.82. The molecule has 0 fully saturated rings. The molecular weight excluding hydrogens is 677 g/mol. The van der Waals surface area contributed by atoms with Gasteiger partial charge in [-0.05, 0) is 117 Å². The van der Waals surface area contributed by atoms with Crippen LogP contribution in [-0.2, 0) is 5.41 Å². The average Bonchev–Trinajstić information content (AvgIpc) is 3.75. The van der Waals surface area contributed by atoms with Crippen LogP contribution in [0.1, 0.15) is 25.0 Å². The minimum Gasteiger partial charge on any atom is -0.455 e. The quantitative estimate of drug-likeness (QED) is 0.166. The van der Waals surface area contributed by atoms with Crippen LogP contribution in [0.4, 0.5) is 0 Å². The smallest absolute Gasteiger partial charge is 0.144 e. The molecule has 0 radical (unpaired) electrons. The van der Waals surface area contributed by atoms with Gasteiger partial charge in [-0.25, -0.2) is 0 Å². The van der Waals surface area contributed by atoms with Gasteiger partial charge in [-0.1, -0.05) is 172 Å². The monoisotopic (exact) mass is 712 g/mol. The van der Waals surface area contributed by atoms with Gasteiger partial charge in [-0.15, -0.1) is 0 Å². The summed E-state index contributed by atoms with van der Waals surface area (Å²) in [6, 6.07) is 67.0. The van der Waals surface area contributed by atoms with E-state index in [1.807, 2.05) is 0 Å². The fourth-order valence-electron chi connectivity index (χ4n) is 10.1. The number of fused-ring (bicyclic) bond motifs is 13. The Bertz CT molecular complexity index is 3390. The Kier molecular flexibility index (Phi) is 6.46. The maximum atomic E-state index is 6.82. The molecule has 1 heterocycles. The standard InChI is InChI=1S/C55H36O/c1-55(2)47-29-28-36(32-46(47)52-53(55)44-23-10-9-22-43(44)51-45-24-11-12-25-48(45)56-54(51)52)35-16-13-17-37(31-35)49-39-18-5-7-20-41(39)50(42-21-8-6-19-40(42)49)38-27-26-33-14-3-4-15-34(33)30-38/h3-32H,1-2H3. The lowest BCUT2D eigenvalue weighted by Gasteiger charge is -2.23. The third kappa shape index (κ3) is 4.31. The van der Waals surface area contributed by atoms with Gasteiger partial charge in [0.15, 0.2) is 0 Å². The molecule has 0 spiro atoms. The van der Waals surface area contributed by atoms with Crippen LogP contribution in [0.2, 0.25) is 0 Å². The number of para-hydroxylation sites is 1. The van der Waals surface area contributed by atoms with Crippen molar-refractivity contribution in [2.24, 2.45) is 0 Å². The van der Waals surface area contributed by atoms with Crippen molar-refractivity contribution in [3.63, 3.8) is 0 Å². The van der Waals surface area contributed by atoms with Gasteiger partial charge >= 0.3 is 0 Å². The molecule has 262 valence electrons. The first-order valence-corrected chi connectivity index (χ1v) is 19.6. The van der Waals surface area contributed by atoms with Crippen molar-refractivity contribution in [1.82, 2.24) is 0 Å². The maximum Gasteiger partial charge on any atom is 0.144 e. The molecule has 12 rings (SSSR count). The molecule has 10 aromatic carbocycles. The van der Waals surface area contributed by atoms with Crippen molar-refractivity contribution in [2.75, 3.05) is 0 Å². The highest BCUT2D eigenvalue weighted by atomic mass is 16.3. The normalized spacial score (nSPS) is 13.3. The zero-order chi connectivity index (χ0) is 37.1. The van der Waals surface area contributed by atoms with Gasteiger partial charge in [-0.2, -0.15) is 0 Å². The molecule has 0 atom stereocenters. The van der Waals surface area contributed by atoms with Gasteiger partial charge in [-0.3, -0.25) is 0 Å². The molecule has 11 aromatic rings. The number of rotatable bonds is 3. The highest BCUT2D eigenvalue weighted by Crippen LogP contribution is 2.56. The molecule has 1 aliphatic rings. The van der Waals surface area contributed by atoms with Crippen molar-refractivity contribution in [2.45, 2.75) is 19.3 Å². The van der Waals surface area contributed by atoms with Gasteiger partial charge in [0.2, 0.25) is 0 Å². The minimum absolute atomic E-state index is 0.192. The molecular formula is C55H36O. The summed E-state index contributed by atoms with van der Waals surface area (Å²) in [4.78, 5) is 0. The molecule has 1 heteroatoms. The van der Waals surface area contributed by atoms with Gasteiger partial charge in [0.1, 0.15) is 11.2 Å². The van der Waals surface area contributed by atoms with Crippen LogP contribution in [-0.4, -0.2) is 0 Å². The second kappa shape index (κ2) is 11.5. The molecule has 1 aromatic heterocycles. The van der Waals surface area contributed by atoms with E-state index in [-0.39, 0.29) is 5.41 Å². The summed E-state index contributed by atoms with van der Waals surface area (Å²) in [7, 11) is 0. The van der Waals surface area contributed by atoms with E-state index in [4.69, 9.17) is 4.42 Å². The Labute approximate surface area is 325 Å². The Morgan fingerprint density at radius 3 is 1.62 bits per heavy atom. The summed E-state index contributed by atoms with van der Waals surface area (Å²) in [5, 5.41) is 12.5. The minimum atomic E-state index is -0.192. The first kappa shape index (κ1) is 31.4. The number of hydrogen-bond donors (Lipinski definition) is 0. The number of benzene rings is 10. The number of furan rings is 1. The van der Waals surface area contributed by atoms with Crippen LogP contribution in [0.15, 0.2) is 186 Å². The third-order valence-electron chi connectivity index (χ3n) is 12.6. The lowest BCUT2D eigenvalue weighted by Crippen LogP contribution is -2.15. The van der Waals surface area contributed by atoms with Crippen LogP contribution in [0, 0.1) is 0 Å².